The van der Waals surface area contributed by atoms with E-state index in [1.54, 1.807) is 11.3 Å². The average molecular weight is 307 g/mol. The highest BCUT2D eigenvalue weighted by Gasteiger charge is 2.28. The summed E-state index contributed by atoms with van der Waals surface area (Å²) in [4.78, 5) is 13.6. The van der Waals surface area contributed by atoms with Crippen molar-refractivity contribution in [1.29, 1.82) is 0 Å². The lowest BCUT2D eigenvalue weighted by Gasteiger charge is -2.39. The van der Waals surface area contributed by atoms with Crippen LogP contribution in [0.25, 0.3) is 10.2 Å². The van der Waals surface area contributed by atoms with Gasteiger partial charge in [-0.25, -0.2) is 10.8 Å². The number of anilines is 2. The van der Waals surface area contributed by atoms with E-state index in [-0.39, 0.29) is 6.10 Å². The number of thiophene rings is 1. The number of hydrogen-bond donors (Lipinski definition) is 2. The molecule has 1 aliphatic rings. The van der Waals surface area contributed by atoms with Gasteiger partial charge in [-0.2, -0.15) is 4.98 Å². The number of rotatable bonds is 3. The van der Waals surface area contributed by atoms with Crippen molar-refractivity contribution in [2.45, 2.75) is 39.3 Å². The van der Waals surface area contributed by atoms with Crippen molar-refractivity contribution >= 4 is 33.3 Å². The van der Waals surface area contributed by atoms with Gasteiger partial charge >= 0.3 is 0 Å². The number of hydrogen-bond acceptors (Lipinski definition) is 7. The summed E-state index contributed by atoms with van der Waals surface area (Å²) in [6.07, 6.45) is 1.22. The Kier molecular flexibility index (Phi) is 3.97. The number of hydrazine groups is 1. The first kappa shape index (κ1) is 14.5. The number of fused-ring (bicyclic) bond motifs is 1. The number of aryl methyl sites for hydroxylation is 1. The summed E-state index contributed by atoms with van der Waals surface area (Å²) in [6.45, 7) is 7.93. The van der Waals surface area contributed by atoms with E-state index >= 15 is 0 Å². The van der Waals surface area contributed by atoms with Crippen LogP contribution < -0.4 is 16.2 Å². The molecule has 0 spiro atoms. The Labute approximate surface area is 128 Å². The Morgan fingerprint density at radius 3 is 3.05 bits per heavy atom. The summed E-state index contributed by atoms with van der Waals surface area (Å²) in [5, 5.41) is 1.10. The standard InChI is InChI=1S/C14H21N5OS/c1-4-10-7-20-8(2)6-19(10)12-11-5-9(3)21-13(11)17-14(16-12)18-15/h5,8,10H,4,6-7,15H2,1-3H3,(H,16,17,18). The van der Waals surface area contributed by atoms with Gasteiger partial charge in [-0.3, -0.25) is 5.43 Å². The molecule has 7 heteroatoms. The molecule has 0 aliphatic carbocycles. The third-order valence-electron chi connectivity index (χ3n) is 3.84. The van der Waals surface area contributed by atoms with Crippen molar-refractivity contribution in [3.63, 3.8) is 0 Å². The SMILES string of the molecule is CCC1COC(C)CN1c1nc(NN)nc2sc(C)cc12. The molecule has 1 saturated heterocycles. The van der Waals surface area contributed by atoms with Crippen LogP contribution in [0.5, 0.6) is 0 Å². The van der Waals surface area contributed by atoms with Crippen LogP contribution in [-0.2, 0) is 4.74 Å². The van der Waals surface area contributed by atoms with Crippen LogP contribution in [0.1, 0.15) is 25.1 Å². The molecule has 1 fully saturated rings. The van der Waals surface area contributed by atoms with E-state index in [0.29, 0.717) is 12.0 Å². The topological polar surface area (TPSA) is 76.3 Å². The number of morpholine rings is 1. The quantitative estimate of drug-likeness (QED) is 0.669. The zero-order valence-corrected chi connectivity index (χ0v) is 13.4. The molecule has 0 bridgehead atoms. The maximum atomic E-state index is 5.78. The van der Waals surface area contributed by atoms with Crippen LogP contribution in [-0.4, -0.2) is 35.3 Å². The summed E-state index contributed by atoms with van der Waals surface area (Å²) in [7, 11) is 0. The molecule has 0 aromatic carbocycles. The molecule has 21 heavy (non-hydrogen) atoms. The van der Waals surface area contributed by atoms with Gasteiger partial charge in [-0.1, -0.05) is 6.92 Å². The second-order valence-corrected chi connectivity index (χ2v) is 6.68. The van der Waals surface area contributed by atoms with E-state index in [1.165, 1.54) is 4.88 Å². The first-order valence-corrected chi connectivity index (χ1v) is 8.07. The van der Waals surface area contributed by atoms with E-state index < -0.39 is 0 Å². The second-order valence-electron chi connectivity index (χ2n) is 5.45. The summed E-state index contributed by atoms with van der Waals surface area (Å²) >= 11 is 1.66. The molecule has 3 rings (SSSR count). The van der Waals surface area contributed by atoms with Gasteiger partial charge in [-0.15, -0.1) is 11.3 Å². The molecule has 2 aromatic rings. The number of aromatic nitrogens is 2. The largest absolute Gasteiger partial charge is 0.375 e. The molecule has 3 N–H and O–H groups in total. The van der Waals surface area contributed by atoms with E-state index in [0.717, 1.165) is 35.6 Å². The molecule has 2 unspecified atom stereocenters. The van der Waals surface area contributed by atoms with Crippen molar-refractivity contribution < 1.29 is 4.74 Å². The van der Waals surface area contributed by atoms with Gasteiger partial charge in [0.15, 0.2) is 0 Å². The summed E-state index contributed by atoms with van der Waals surface area (Å²) in [5.74, 6) is 6.95. The lowest BCUT2D eigenvalue weighted by molar-refractivity contribution is 0.0297. The van der Waals surface area contributed by atoms with E-state index in [2.05, 4.69) is 47.1 Å². The van der Waals surface area contributed by atoms with Gasteiger partial charge in [0.25, 0.3) is 0 Å². The monoisotopic (exact) mass is 307 g/mol. The first-order chi connectivity index (χ1) is 10.1. The lowest BCUT2D eigenvalue weighted by atomic mass is 10.1. The minimum absolute atomic E-state index is 0.201. The van der Waals surface area contributed by atoms with Gasteiger partial charge in [0.1, 0.15) is 10.6 Å². The van der Waals surface area contributed by atoms with E-state index in [9.17, 15) is 0 Å². The zero-order valence-electron chi connectivity index (χ0n) is 12.6. The molecule has 0 radical (unpaired) electrons. The fraction of sp³-hybridized carbons (Fsp3) is 0.571. The lowest BCUT2D eigenvalue weighted by Crippen LogP contribution is -2.49. The molecule has 2 aromatic heterocycles. The molecular weight excluding hydrogens is 286 g/mol. The first-order valence-electron chi connectivity index (χ1n) is 7.25. The number of nitrogens with zero attached hydrogens (tertiary/aromatic N) is 3. The predicted molar refractivity (Wildman–Crippen MR) is 86.8 cm³/mol. The van der Waals surface area contributed by atoms with Gasteiger partial charge in [-0.05, 0) is 26.3 Å². The van der Waals surface area contributed by atoms with Crippen molar-refractivity contribution in [2.75, 3.05) is 23.5 Å². The zero-order chi connectivity index (χ0) is 15.0. The van der Waals surface area contributed by atoms with Crippen molar-refractivity contribution in [1.82, 2.24) is 9.97 Å². The number of nitrogens with one attached hydrogen (secondary N) is 1. The maximum absolute atomic E-state index is 5.78. The third-order valence-corrected chi connectivity index (χ3v) is 4.78. The highest BCUT2D eigenvalue weighted by Crippen LogP contribution is 2.34. The van der Waals surface area contributed by atoms with Gasteiger partial charge in [0.05, 0.1) is 24.1 Å². The Balaban J connectivity index is 2.12. The Morgan fingerprint density at radius 2 is 2.33 bits per heavy atom. The van der Waals surface area contributed by atoms with Crippen LogP contribution in [0.3, 0.4) is 0 Å². The van der Waals surface area contributed by atoms with Crippen LogP contribution >= 0.6 is 11.3 Å². The van der Waals surface area contributed by atoms with Crippen molar-refractivity contribution in [3.05, 3.63) is 10.9 Å². The van der Waals surface area contributed by atoms with Crippen LogP contribution in [0.2, 0.25) is 0 Å². The minimum Gasteiger partial charge on any atom is -0.375 e. The highest BCUT2D eigenvalue weighted by molar-refractivity contribution is 7.18. The number of nitrogen functional groups attached to an aromatic ring is 1. The third kappa shape index (κ3) is 2.68. The summed E-state index contributed by atoms with van der Waals surface area (Å²) in [6, 6.07) is 2.49. The smallest absolute Gasteiger partial charge is 0.240 e. The minimum atomic E-state index is 0.201. The molecule has 3 heterocycles. The molecule has 0 saturated carbocycles. The Hall–Kier alpha value is -1.44. The van der Waals surface area contributed by atoms with Gasteiger partial charge < -0.3 is 9.64 Å². The molecule has 2 atom stereocenters. The average Bonchev–Trinajstić information content (AvgIpc) is 2.86. The molecular formula is C14H21N5OS. The van der Waals surface area contributed by atoms with Crippen LogP contribution in [0.4, 0.5) is 11.8 Å². The van der Waals surface area contributed by atoms with Crippen LogP contribution in [0.15, 0.2) is 6.07 Å². The van der Waals surface area contributed by atoms with E-state index in [4.69, 9.17) is 10.6 Å². The fourth-order valence-electron chi connectivity index (χ4n) is 2.75. The maximum Gasteiger partial charge on any atom is 0.240 e. The van der Waals surface area contributed by atoms with Crippen LogP contribution in [0, 0.1) is 6.92 Å². The highest BCUT2D eigenvalue weighted by atomic mass is 32.1. The van der Waals surface area contributed by atoms with Crippen molar-refractivity contribution in [3.8, 4) is 0 Å². The van der Waals surface area contributed by atoms with E-state index in [1.807, 2.05) is 0 Å². The molecule has 1 aliphatic heterocycles. The Bertz CT molecular complexity index is 644. The fourth-order valence-corrected chi connectivity index (χ4v) is 3.63. The number of nitrogens with two attached hydrogens (primary N) is 1. The second kappa shape index (κ2) is 5.75. The number of ether oxygens (including phenoxy) is 1. The predicted octanol–water partition coefficient (Wildman–Crippen LogP) is 2.29. The summed E-state index contributed by atoms with van der Waals surface area (Å²) in [5.41, 5.74) is 2.58. The molecule has 114 valence electrons. The Morgan fingerprint density at radius 1 is 1.52 bits per heavy atom. The molecule has 6 nitrogen and oxygen atoms in total. The normalized spacial score (nSPS) is 22.8. The van der Waals surface area contributed by atoms with Gasteiger partial charge in [0.2, 0.25) is 5.95 Å². The molecule has 0 amide bonds. The summed E-state index contributed by atoms with van der Waals surface area (Å²) < 4.78 is 5.78. The van der Waals surface area contributed by atoms with Gasteiger partial charge in [0, 0.05) is 11.4 Å². The van der Waals surface area contributed by atoms with Crippen molar-refractivity contribution in [2.24, 2.45) is 5.84 Å².